The molecule has 1 heterocycles. The van der Waals surface area contributed by atoms with E-state index in [2.05, 4.69) is 11.5 Å². The van der Waals surface area contributed by atoms with Crippen LogP contribution in [0.1, 0.15) is 152 Å². The van der Waals surface area contributed by atoms with E-state index in [0.717, 1.165) is 17.8 Å². The number of rotatable bonds is 4. The molecule has 3 nitrogen and oxygen atoms in total. The topological polar surface area (TPSA) is 30.7 Å². The molecular weight excluding hydrogens is 366 g/mol. The van der Waals surface area contributed by atoms with Gasteiger partial charge in [0.2, 0.25) is 0 Å². The van der Waals surface area contributed by atoms with Gasteiger partial charge in [0.15, 0.2) is 0 Å². The molecule has 0 unspecified atom stereocenters. The Morgan fingerprint density at radius 1 is 0.533 bits per heavy atom. The largest absolute Gasteiger partial charge is 0.311 e. The Kier molecular flexibility index (Phi) is 6.82. The summed E-state index contributed by atoms with van der Waals surface area (Å²) >= 11 is 0. The van der Waals surface area contributed by atoms with E-state index >= 15 is 0 Å². The summed E-state index contributed by atoms with van der Waals surface area (Å²) < 4.78 is 2.74. The average molecular weight is 412 g/mol. The second kappa shape index (κ2) is 9.74. The van der Waals surface area contributed by atoms with Gasteiger partial charge in [0.25, 0.3) is 0 Å². The minimum Gasteiger partial charge on any atom is -0.311 e. The highest BCUT2D eigenvalue weighted by molar-refractivity contribution is 5.11. The first-order chi connectivity index (χ1) is 14.8. The Bertz CT molecular complexity index is 652. The Morgan fingerprint density at radius 2 is 1.00 bits per heavy atom. The second-order valence-corrected chi connectivity index (χ2v) is 11.5. The minimum atomic E-state index is 0.669. The lowest BCUT2D eigenvalue weighted by Crippen LogP contribution is -2.26. The highest BCUT2D eigenvalue weighted by atomic mass is 15.3. The molecular formula is C27H45N3. The van der Waals surface area contributed by atoms with E-state index in [9.17, 15) is 0 Å². The summed E-state index contributed by atoms with van der Waals surface area (Å²) in [5.74, 6) is 7.08. The third-order valence-electron chi connectivity index (χ3n) is 9.52. The van der Waals surface area contributed by atoms with E-state index in [-0.39, 0.29) is 0 Å². The molecule has 0 aliphatic heterocycles. The molecule has 0 spiro atoms. The van der Waals surface area contributed by atoms with Crippen molar-refractivity contribution in [3.8, 4) is 0 Å². The molecule has 0 radical (unpaired) electrons. The predicted octanol–water partition coefficient (Wildman–Crippen LogP) is 7.93. The number of nitrogens with zero attached hydrogens (tertiary/aromatic N) is 3. The molecule has 1 aromatic heterocycles. The van der Waals surface area contributed by atoms with Gasteiger partial charge in [-0.05, 0) is 69.1 Å². The van der Waals surface area contributed by atoms with Crippen molar-refractivity contribution in [3.05, 3.63) is 11.6 Å². The van der Waals surface area contributed by atoms with Crippen LogP contribution in [0.25, 0.3) is 0 Å². The predicted molar refractivity (Wildman–Crippen MR) is 124 cm³/mol. The van der Waals surface area contributed by atoms with Gasteiger partial charge in [0, 0.05) is 17.9 Å². The fourth-order valence-electron chi connectivity index (χ4n) is 7.56. The molecule has 0 atom stereocenters. The zero-order chi connectivity index (χ0) is 20.3. The molecule has 0 amide bonds. The van der Waals surface area contributed by atoms with Crippen molar-refractivity contribution in [1.82, 2.24) is 14.8 Å². The minimum absolute atomic E-state index is 0.669. The Balaban J connectivity index is 1.33. The first kappa shape index (κ1) is 21.0. The van der Waals surface area contributed by atoms with E-state index in [1.54, 1.807) is 0 Å². The quantitative estimate of drug-likeness (QED) is 0.503. The van der Waals surface area contributed by atoms with Gasteiger partial charge >= 0.3 is 0 Å². The van der Waals surface area contributed by atoms with Crippen molar-refractivity contribution in [2.75, 3.05) is 0 Å². The molecule has 4 aliphatic rings. The molecule has 30 heavy (non-hydrogen) atoms. The zero-order valence-corrected chi connectivity index (χ0v) is 19.5. The second-order valence-electron chi connectivity index (χ2n) is 11.5. The number of hydrogen-bond donors (Lipinski definition) is 0. The Morgan fingerprint density at radius 3 is 1.57 bits per heavy atom. The van der Waals surface area contributed by atoms with Crippen molar-refractivity contribution in [1.29, 1.82) is 0 Å². The van der Waals surface area contributed by atoms with E-state index in [4.69, 9.17) is 10.2 Å². The lowest BCUT2D eigenvalue weighted by Gasteiger charge is -2.37. The number of hydrogen-bond acceptors (Lipinski definition) is 2. The van der Waals surface area contributed by atoms with Gasteiger partial charge in [-0.1, -0.05) is 71.1 Å². The van der Waals surface area contributed by atoms with Gasteiger partial charge < -0.3 is 4.57 Å². The molecule has 3 heteroatoms. The summed E-state index contributed by atoms with van der Waals surface area (Å²) in [5.41, 5.74) is 0. The van der Waals surface area contributed by atoms with Crippen molar-refractivity contribution < 1.29 is 0 Å². The molecule has 5 rings (SSSR count). The SMILES string of the molecule is CC1CCC(c2nnc(C3CCC(C4CCCCC4)CC3)n2C2CCCCC2)CC1. The Hall–Kier alpha value is -0.860. The average Bonchev–Trinajstić information content (AvgIpc) is 3.26. The van der Waals surface area contributed by atoms with Crippen molar-refractivity contribution in [2.45, 2.75) is 140 Å². The monoisotopic (exact) mass is 411 g/mol. The van der Waals surface area contributed by atoms with Crippen molar-refractivity contribution >= 4 is 0 Å². The van der Waals surface area contributed by atoms with Gasteiger partial charge in [-0.2, -0.15) is 0 Å². The maximum Gasteiger partial charge on any atom is 0.136 e. The van der Waals surface area contributed by atoms with Crippen LogP contribution in [0.15, 0.2) is 0 Å². The van der Waals surface area contributed by atoms with Crippen molar-refractivity contribution in [3.63, 3.8) is 0 Å². The summed E-state index contributed by atoms with van der Waals surface area (Å²) in [6.45, 7) is 2.43. The van der Waals surface area contributed by atoms with Crippen LogP contribution in [-0.2, 0) is 0 Å². The smallest absolute Gasteiger partial charge is 0.136 e. The fraction of sp³-hybridized carbons (Fsp3) is 0.926. The maximum atomic E-state index is 4.96. The van der Waals surface area contributed by atoms with Gasteiger partial charge in [-0.15, -0.1) is 10.2 Å². The van der Waals surface area contributed by atoms with Gasteiger partial charge in [0.1, 0.15) is 11.6 Å². The summed E-state index contributed by atoms with van der Waals surface area (Å²) in [6, 6.07) is 0.689. The van der Waals surface area contributed by atoms with Crippen LogP contribution in [0.2, 0.25) is 0 Å². The normalized spacial score (nSPS) is 34.8. The molecule has 0 N–H and O–H groups in total. The fourth-order valence-corrected chi connectivity index (χ4v) is 7.56. The Labute approximate surface area is 184 Å². The molecule has 0 aromatic carbocycles. The molecule has 0 bridgehead atoms. The third kappa shape index (κ3) is 4.51. The van der Waals surface area contributed by atoms with Crippen molar-refractivity contribution in [2.24, 2.45) is 17.8 Å². The van der Waals surface area contributed by atoms with Crippen LogP contribution in [-0.4, -0.2) is 14.8 Å². The highest BCUT2D eigenvalue weighted by Crippen LogP contribution is 2.45. The van der Waals surface area contributed by atoms with E-state index < -0.39 is 0 Å². The van der Waals surface area contributed by atoms with E-state index in [0.29, 0.717) is 17.9 Å². The van der Waals surface area contributed by atoms with Crippen LogP contribution in [0.4, 0.5) is 0 Å². The molecule has 1 aromatic rings. The molecule has 4 saturated carbocycles. The lowest BCUT2D eigenvalue weighted by molar-refractivity contribution is 0.181. The van der Waals surface area contributed by atoms with E-state index in [1.165, 1.54) is 127 Å². The first-order valence-corrected chi connectivity index (χ1v) is 13.7. The van der Waals surface area contributed by atoms with E-state index in [1.807, 2.05) is 0 Å². The summed E-state index contributed by atoms with van der Waals surface area (Å²) in [5, 5.41) is 9.90. The van der Waals surface area contributed by atoms with Crippen LogP contribution in [0.5, 0.6) is 0 Å². The highest BCUT2D eigenvalue weighted by Gasteiger charge is 2.35. The molecule has 4 aliphatic carbocycles. The zero-order valence-electron chi connectivity index (χ0n) is 19.5. The van der Waals surface area contributed by atoms with Gasteiger partial charge in [0.05, 0.1) is 0 Å². The lowest BCUT2D eigenvalue weighted by atomic mass is 9.71. The third-order valence-corrected chi connectivity index (χ3v) is 9.52. The van der Waals surface area contributed by atoms with Gasteiger partial charge in [-0.3, -0.25) is 0 Å². The summed E-state index contributed by atoms with van der Waals surface area (Å²) in [4.78, 5) is 0. The van der Waals surface area contributed by atoms with Crippen LogP contribution < -0.4 is 0 Å². The molecule has 168 valence electrons. The van der Waals surface area contributed by atoms with Crippen LogP contribution >= 0.6 is 0 Å². The van der Waals surface area contributed by atoms with Crippen LogP contribution in [0.3, 0.4) is 0 Å². The summed E-state index contributed by atoms with van der Waals surface area (Å²) in [7, 11) is 0. The van der Waals surface area contributed by atoms with Crippen LogP contribution in [0, 0.1) is 17.8 Å². The standard InChI is InChI=1S/C27H45N3/c1-20-12-14-23(15-13-20)26-28-29-27(30(26)25-10-6-3-7-11-25)24-18-16-22(17-19-24)21-8-4-2-5-9-21/h20-25H,2-19H2,1H3. The number of aromatic nitrogens is 3. The first-order valence-electron chi connectivity index (χ1n) is 13.7. The maximum absolute atomic E-state index is 4.96. The summed E-state index contributed by atoms with van der Waals surface area (Å²) in [6.07, 6.45) is 25.5. The molecule has 4 fully saturated rings. The molecule has 0 saturated heterocycles. The van der Waals surface area contributed by atoms with Gasteiger partial charge in [-0.25, -0.2) is 0 Å².